The molecule has 8 heteroatoms. The van der Waals surface area contributed by atoms with E-state index in [1.165, 1.54) is 11.1 Å². The number of nitrogens with one attached hydrogen (secondary N) is 2. The topological polar surface area (TPSA) is 108 Å². The summed E-state index contributed by atoms with van der Waals surface area (Å²) in [7, 11) is 0. The van der Waals surface area contributed by atoms with Gasteiger partial charge in [-0.2, -0.15) is 0 Å². The number of benzene rings is 3. The summed E-state index contributed by atoms with van der Waals surface area (Å²) in [6.07, 6.45) is 0.567. The molecule has 2 unspecified atom stereocenters. The molecule has 1 aliphatic heterocycles. The van der Waals surface area contributed by atoms with E-state index in [2.05, 4.69) is 39.8 Å². The number of likely N-dealkylation sites (tertiary alicyclic amines) is 1. The number of carboxylic acids is 1. The molecule has 8 nitrogen and oxygen atoms in total. The van der Waals surface area contributed by atoms with Gasteiger partial charge in [-0.15, -0.1) is 0 Å². The predicted molar refractivity (Wildman–Crippen MR) is 156 cm³/mol. The number of nitrogens with zero attached hydrogens (tertiary/aromatic N) is 1. The van der Waals surface area contributed by atoms with Crippen LogP contribution in [0.15, 0.2) is 78.9 Å². The molecular formula is C33H37N3O5. The van der Waals surface area contributed by atoms with Gasteiger partial charge < -0.3 is 20.5 Å². The SMILES string of the molecule is CC(CCC(=O)NC1(C(=O)O)CCN(Cc2ccccc2)C1)CNC(=O)OCC1c2ccccc2-c2ccccc21. The van der Waals surface area contributed by atoms with Crippen LogP contribution < -0.4 is 10.6 Å². The van der Waals surface area contributed by atoms with Crippen LogP contribution in [0.5, 0.6) is 0 Å². The van der Waals surface area contributed by atoms with Crippen LogP contribution in [-0.2, 0) is 20.9 Å². The summed E-state index contributed by atoms with van der Waals surface area (Å²) in [6, 6.07) is 26.3. The fourth-order valence-corrected chi connectivity index (χ4v) is 5.91. The second-order valence-corrected chi connectivity index (χ2v) is 11.2. The molecule has 1 fully saturated rings. The fourth-order valence-electron chi connectivity index (χ4n) is 5.91. The van der Waals surface area contributed by atoms with Crippen molar-refractivity contribution in [2.75, 3.05) is 26.2 Å². The number of carbonyl (C=O) groups excluding carboxylic acids is 2. The molecule has 0 radical (unpaired) electrons. The summed E-state index contributed by atoms with van der Waals surface area (Å²) in [4.78, 5) is 39.5. The third-order valence-corrected chi connectivity index (χ3v) is 8.19. The zero-order chi connectivity index (χ0) is 28.8. The first kappa shape index (κ1) is 28.4. The van der Waals surface area contributed by atoms with E-state index < -0.39 is 17.6 Å². The Balaban J connectivity index is 1.05. The quantitative estimate of drug-likeness (QED) is 0.314. The molecular weight excluding hydrogens is 518 g/mol. The van der Waals surface area contributed by atoms with Crippen molar-refractivity contribution in [2.45, 2.75) is 44.2 Å². The van der Waals surface area contributed by atoms with E-state index in [0.717, 1.165) is 16.7 Å². The molecule has 3 aromatic rings. The van der Waals surface area contributed by atoms with Crippen molar-refractivity contribution in [1.29, 1.82) is 0 Å². The van der Waals surface area contributed by atoms with Crippen LogP contribution in [0, 0.1) is 5.92 Å². The van der Waals surface area contributed by atoms with Crippen LogP contribution in [0.2, 0.25) is 0 Å². The van der Waals surface area contributed by atoms with Crippen LogP contribution in [0.25, 0.3) is 11.1 Å². The van der Waals surface area contributed by atoms with Gasteiger partial charge in [0.05, 0.1) is 0 Å². The Labute approximate surface area is 240 Å². The Kier molecular flexibility index (Phi) is 8.69. The molecule has 3 N–H and O–H groups in total. The van der Waals surface area contributed by atoms with Gasteiger partial charge >= 0.3 is 12.1 Å². The van der Waals surface area contributed by atoms with E-state index >= 15 is 0 Å². The number of alkyl carbamates (subject to hydrolysis) is 1. The van der Waals surface area contributed by atoms with Crippen LogP contribution in [0.1, 0.15) is 48.8 Å². The van der Waals surface area contributed by atoms with E-state index in [0.29, 0.717) is 32.5 Å². The number of fused-ring (bicyclic) bond motifs is 3. The van der Waals surface area contributed by atoms with Gasteiger partial charge in [0.2, 0.25) is 5.91 Å². The number of aliphatic carboxylic acids is 1. The molecule has 1 heterocycles. The number of rotatable bonds is 11. The molecule has 3 aromatic carbocycles. The van der Waals surface area contributed by atoms with Crippen molar-refractivity contribution in [2.24, 2.45) is 5.92 Å². The molecule has 1 saturated heterocycles. The zero-order valence-electron chi connectivity index (χ0n) is 23.3. The lowest BCUT2D eigenvalue weighted by atomic mass is 9.97. The molecule has 2 aliphatic rings. The highest BCUT2D eigenvalue weighted by Crippen LogP contribution is 2.44. The Hall–Kier alpha value is -4.17. The molecule has 0 bridgehead atoms. The maximum Gasteiger partial charge on any atom is 0.407 e. The number of amides is 2. The highest BCUT2D eigenvalue weighted by atomic mass is 16.5. The van der Waals surface area contributed by atoms with Crippen LogP contribution >= 0.6 is 0 Å². The number of carbonyl (C=O) groups is 3. The number of hydrogen-bond acceptors (Lipinski definition) is 5. The van der Waals surface area contributed by atoms with E-state index in [1.54, 1.807) is 0 Å². The van der Waals surface area contributed by atoms with Crippen molar-refractivity contribution in [3.05, 3.63) is 95.6 Å². The Morgan fingerprint density at radius 3 is 2.27 bits per heavy atom. The average Bonchev–Trinajstić information content (AvgIpc) is 3.53. The summed E-state index contributed by atoms with van der Waals surface area (Å²) in [5.41, 5.74) is 4.49. The van der Waals surface area contributed by atoms with Crippen LogP contribution in [-0.4, -0.2) is 59.8 Å². The van der Waals surface area contributed by atoms with Gasteiger partial charge in [-0.3, -0.25) is 9.69 Å². The van der Waals surface area contributed by atoms with Crippen molar-refractivity contribution < 1.29 is 24.2 Å². The molecule has 1 aliphatic carbocycles. The maximum atomic E-state index is 12.8. The first-order chi connectivity index (χ1) is 19.8. The van der Waals surface area contributed by atoms with Crippen molar-refractivity contribution in [1.82, 2.24) is 15.5 Å². The molecule has 0 saturated carbocycles. The summed E-state index contributed by atoms with van der Waals surface area (Å²) in [5, 5.41) is 15.6. The smallest absolute Gasteiger partial charge is 0.407 e. The second kappa shape index (κ2) is 12.6. The van der Waals surface area contributed by atoms with Crippen molar-refractivity contribution in [3.63, 3.8) is 0 Å². The van der Waals surface area contributed by atoms with E-state index in [4.69, 9.17) is 4.74 Å². The van der Waals surface area contributed by atoms with Gasteiger partial charge in [-0.1, -0.05) is 85.8 Å². The average molecular weight is 556 g/mol. The molecule has 2 amide bonds. The second-order valence-electron chi connectivity index (χ2n) is 11.2. The number of hydrogen-bond donors (Lipinski definition) is 3. The lowest BCUT2D eigenvalue weighted by Gasteiger charge is -2.26. The fraction of sp³-hybridized carbons (Fsp3) is 0.364. The van der Waals surface area contributed by atoms with Gasteiger partial charge in [0, 0.05) is 38.5 Å². The van der Waals surface area contributed by atoms with Gasteiger partial charge in [-0.05, 0) is 46.6 Å². The summed E-state index contributed by atoms with van der Waals surface area (Å²) < 4.78 is 5.60. The predicted octanol–water partition coefficient (Wildman–Crippen LogP) is 4.79. The number of carboxylic acid groups (broad SMARTS) is 1. The zero-order valence-corrected chi connectivity index (χ0v) is 23.3. The molecule has 41 heavy (non-hydrogen) atoms. The number of ether oxygens (including phenoxy) is 1. The molecule has 5 rings (SSSR count). The first-order valence-electron chi connectivity index (χ1n) is 14.2. The lowest BCUT2D eigenvalue weighted by molar-refractivity contribution is -0.147. The maximum absolute atomic E-state index is 12.8. The normalized spacial score (nSPS) is 18.8. The van der Waals surface area contributed by atoms with E-state index in [9.17, 15) is 19.5 Å². The van der Waals surface area contributed by atoms with E-state index in [1.807, 2.05) is 61.5 Å². The standard InChI is InChI=1S/C33H37N3O5/c1-23(15-16-30(37)35-33(31(38)39)17-18-36(22-33)20-24-9-3-2-4-10-24)19-34-32(40)41-21-29-27-13-7-5-11-25(27)26-12-6-8-14-28(26)29/h2-14,23,29H,15-22H2,1H3,(H,34,40)(H,35,37)(H,38,39). The van der Waals surface area contributed by atoms with Crippen molar-refractivity contribution in [3.8, 4) is 11.1 Å². The first-order valence-corrected chi connectivity index (χ1v) is 14.2. The van der Waals surface area contributed by atoms with Crippen LogP contribution in [0.4, 0.5) is 4.79 Å². The Bertz CT molecular complexity index is 1350. The molecule has 2 atom stereocenters. The Morgan fingerprint density at radius 1 is 0.976 bits per heavy atom. The molecule has 0 spiro atoms. The minimum absolute atomic E-state index is 0.00460. The lowest BCUT2D eigenvalue weighted by Crippen LogP contribution is -2.56. The van der Waals surface area contributed by atoms with E-state index in [-0.39, 0.29) is 37.3 Å². The monoisotopic (exact) mass is 555 g/mol. The third-order valence-electron chi connectivity index (χ3n) is 8.19. The largest absolute Gasteiger partial charge is 0.479 e. The Morgan fingerprint density at radius 2 is 1.61 bits per heavy atom. The summed E-state index contributed by atoms with van der Waals surface area (Å²) in [5.74, 6) is -1.29. The van der Waals surface area contributed by atoms with Gasteiger partial charge in [-0.25, -0.2) is 9.59 Å². The van der Waals surface area contributed by atoms with Gasteiger partial charge in [0.15, 0.2) is 5.54 Å². The third kappa shape index (κ3) is 6.60. The minimum atomic E-state index is -1.28. The molecule has 0 aromatic heterocycles. The van der Waals surface area contributed by atoms with Crippen molar-refractivity contribution >= 4 is 18.0 Å². The highest BCUT2D eigenvalue weighted by Gasteiger charge is 2.46. The summed E-state index contributed by atoms with van der Waals surface area (Å²) >= 11 is 0. The summed E-state index contributed by atoms with van der Waals surface area (Å²) in [6.45, 7) is 4.06. The minimum Gasteiger partial charge on any atom is -0.479 e. The van der Waals surface area contributed by atoms with Gasteiger partial charge in [0.1, 0.15) is 6.61 Å². The van der Waals surface area contributed by atoms with Gasteiger partial charge in [0.25, 0.3) is 0 Å². The highest BCUT2D eigenvalue weighted by molar-refractivity contribution is 5.87. The van der Waals surface area contributed by atoms with Crippen LogP contribution in [0.3, 0.4) is 0 Å². The molecule has 214 valence electrons.